The molecule has 10 heterocycles. The van der Waals surface area contributed by atoms with E-state index in [1.807, 2.05) is 0 Å². The maximum Gasteiger partial charge on any atom is 0.469 e. The van der Waals surface area contributed by atoms with E-state index in [2.05, 4.69) is 48.9 Å². The molecule has 5 aliphatic heterocycles. The summed E-state index contributed by atoms with van der Waals surface area (Å²) < 4.78 is 82.4. The van der Waals surface area contributed by atoms with Crippen LogP contribution in [0.15, 0.2) is 39.4 Å². The largest absolute Gasteiger partial charge is 0.790 e. The number of nitrogens with zero attached hydrogens (tertiary/aromatic N) is 11. The van der Waals surface area contributed by atoms with Gasteiger partial charge in [0.05, 0.1) is 47.3 Å². The molecule has 81 heavy (non-hydrogen) atoms. The molecule has 5 aliphatic rings. The summed E-state index contributed by atoms with van der Waals surface area (Å²) in [7, 11) is -7.07. The predicted molar refractivity (Wildman–Crippen MR) is 267 cm³/mol. The third kappa shape index (κ3) is 12.9. The first kappa shape index (κ1) is 61.0. The Morgan fingerprint density at radius 3 is 1.53 bits per heavy atom. The molecule has 0 saturated carbocycles. The van der Waals surface area contributed by atoms with Crippen molar-refractivity contribution in [2.24, 2.45) is 0 Å². The SMILES string of the molecule is COC1[C@H](COP(=O)(O)O)O[C@H](n2cnc3c(=O)[nH]c(N)nc32)[C@@H]1O.COC1[C@H](COP(=O)([O-])[O-])O[C@H](N2CN(C)c3c2nc(N)[nH]c3=O)[C@@H]1O.COC1[C@H](COP(=O)([O-])n2ccnc2)O[C@H](N2CN(C)c3c2nc(N)[nH]c3=O)[C@@H]1O. The van der Waals surface area contributed by atoms with E-state index in [0.717, 1.165) is 10.7 Å². The lowest BCUT2D eigenvalue weighted by atomic mass is 10.1. The second-order valence-corrected chi connectivity index (χ2v) is 22.2. The quantitative estimate of drug-likeness (QED) is 0.0409. The number of rotatable bonds is 16. The van der Waals surface area contributed by atoms with Crippen LogP contribution in [0.2, 0.25) is 0 Å². The molecule has 0 aromatic carbocycles. The van der Waals surface area contributed by atoms with Crippen molar-refractivity contribution in [3.63, 3.8) is 0 Å². The van der Waals surface area contributed by atoms with Crippen molar-refractivity contribution in [2.45, 2.75) is 73.6 Å². The number of ether oxygens (including phenoxy) is 6. The second kappa shape index (κ2) is 24.0. The number of nitrogens with one attached hydrogen (secondary N) is 3. The number of aromatic amines is 3. The van der Waals surface area contributed by atoms with Crippen molar-refractivity contribution in [1.29, 1.82) is 0 Å². The molecule has 5 aromatic rings. The molecule has 10 rings (SSSR count). The van der Waals surface area contributed by atoms with Crippen LogP contribution in [0.3, 0.4) is 0 Å². The van der Waals surface area contributed by atoms with E-state index < -0.39 is 134 Å². The maximum absolute atomic E-state index is 12.2. The van der Waals surface area contributed by atoms with E-state index >= 15 is 0 Å². The van der Waals surface area contributed by atoms with Crippen molar-refractivity contribution >= 4 is 75.4 Å². The van der Waals surface area contributed by atoms with E-state index in [0.29, 0.717) is 0 Å². The number of hydrogen-bond donors (Lipinski definition) is 11. The Bertz CT molecular complexity index is 3360. The number of aliphatic hydroxyl groups is 3. The number of nitrogens with two attached hydrogens (primary N) is 3. The van der Waals surface area contributed by atoms with E-state index in [4.69, 9.17) is 59.9 Å². The van der Waals surface area contributed by atoms with Crippen LogP contribution >= 0.6 is 23.4 Å². The van der Waals surface area contributed by atoms with Crippen molar-refractivity contribution < 1.29 is 95.5 Å². The molecule has 448 valence electrons. The summed E-state index contributed by atoms with van der Waals surface area (Å²) in [6.07, 6.45) is -7.53. The number of hydrogen-bond acceptors (Lipinski definition) is 33. The summed E-state index contributed by atoms with van der Waals surface area (Å²) in [4.78, 5) is 121. The number of H-pyrrole nitrogens is 3. The first-order valence-electron chi connectivity index (χ1n) is 23.4. The first-order valence-corrected chi connectivity index (χ1v) is 27.9. The van der Waals surface area contributed by atoms with Crippen LogP contribution in [0.25, 0.3) is 11.2 Å². The van der Waals surface area contributed by atoms with Crippen LogP contribution in [0.4, 0.5) is 40.9 Å². The van der Waals surface area contributed by atoms with Gasteiger partial charge in [-0.15, -0.1) is 0 Å². The van der Waals surface area contributed by atoms with Crippen LogP contribution in [0, 0.1) is 0 Å². The molecule has 0 radical (unpaired) electrons. The third-order valence-corrected chi connectivity index (χ3v) is 15.1. The summed E-state index contributed by atoms with van der Waals surface area (Å²) in [5.41, 5.74) is 15.9. The Morgan fingerprint density at radius 1 is 0.654 bits per heavy atom. The Labute approximate surface area is 453 Å². The van der Waals surface area contributed by atoms with Gasteiger partial charge in [0.1, 0.15) is 72.6 Å². The fourth-order valence-corrected chi connectivity index (χ4v) is 11.0. The fourth-order valence-electron chi connectivity index (χ4n) is 9.44. The van der Waals surface area contributed by atoms with Crippen molar-refractivity contribution in [3.8, 4) is 0 Å². The molecule has 0 aliphatic carbocycles. The van der Waals surface area contributed by atoms with Crippen LogP contribution in [-0.4, -0.2) is 210 Å². The van der Waals surface area contributed by atoms with Crippen molar-refractivity contribution in [3.05, 3.63) is 56.1 Å². The minimum Gasteiger partial charge on any atom is -0.790 e. The highest BCUT2D eigenvalue weighted by Gasteiger charge is 2.52. The zero-order valence-corrected chi connectivity index (χ0v) is 45.5. The molecule has 0 bridgehead atoms. The molecule has 0 spiro atoms. The van der Waals surface area contributed by atoms with Crippen LogP contribution < -0.4 is 68.2 Å². The molecule has 43 heteroatoms. The first-order chi connectivity index (χ1) is 38.1. The normalized spacial score (nSPS) is 28.0. The molecule has 4 unspecified atom stereocenters. The van der Waals surface area contributed by atoms with Gasteiger partial charge < -0.3 is 119 Å². The average molecular weight is 1210 g/mol. The highest BCUT2D eigenvalue weighted by molar-refractivity contribution is 7.49. The minimum atomic E-state index is -5.21. The smallest absolute Gasteiger partial charge is 0.469 e. The molecule has 5 aromatic heterocycles. The number of aliphatic hydroxyl groups excluding tert-OH is 3. The van der Waals surface area contributed by atoms with Gasteiger partial charge in [-0.25, -0.2) is 14.5 Å². The van der Waals surface area contributed by atoms with Crippen LogP contribution in [-0.2, 0) is 55.7 Å². The van der Waals surface area contributed by atoms with Gasteiger partial charge in [-0.05, 0) is 0 Å². The fraction of sp³-hybridized carbons (Fsp3) is 0.579. The summed E-state index contributed by atoms with van der Waals surface area (Å²) in [5.74, 6) is 0.113. The number of aromatic nitrogens is 10. The van der Waals surface area contributed by atoms with E-state index in [1.54, 1.807) is 28.8 Å². The average Bonchev–Trinajstić information content (AvgIpc) is 4.08. The number of nitrogen functional groups attached to an aromatic ring is 3. The predicted octanol–water partition coefficient (Wildman–Crippen LogP) is -7.51. The highest BCUT2D eigenvalue weighted by Crippen LogP contribution is 2.43. The molecule has 40 nitrogen and oxygen atoms in total. The lowest BCUT2D eigenvalue weighted by Gasteiger charge is -2.30. The Hall–Kier alpha value is -6.07. The van der Waals surface area contributed by atoms with E-state index in [1.165, 1.54) is 49.5 Å². The van der Waals surface area contributed by atoms with Gasteiger partial charge in [0, 0.05) is 47.8 Å². The number of fused-ring (bicyclic) bond motifs is 3. The second-order valence-electron chi connectivity index (χ2n) is 18.1. The van der Waals surface area contributed by atoms with Gasteiger partial charge in [0.25, 0.3) is 16.7 Å². The lowest BCUT2D eigenvalue weighted by molar-refractivity contribution is -0.343. The van der Waals surface area contributed by atoms with Gasteiger partial charge in [-0.1, -0.05) is 0 Å². The molecule has 13 atom stereocenters. The van der Waals surface area contributed by atoms with Gasteiger partial charge in [-0.3, -0.25) is 47.3 Å². The zero-order valence-electron chi connectivity index (χ0n) is 42.9. The highest BCUT2D eigenvalue weighted by atomic mass is 31.2. The summed E-state index contributed by atoms with van der Waals surface area (Å²) in [5, 5.41) is 31.7. The number of imidazole rings is 2. The van der Waals surface area contributed by atoms with Crippen LogP contribution in [0.1, 0.15) is 6.23 Å². The molecule has 3 saturated heterocycles. The van der Waals surface area contributed by atoms with Gasteiger partial charge in [-0.2, -0.15) is 15.0 Å². The minimum absolute atomic E-state index is 0.00566. The molecular formula is C38H55N17O23P3-3. The number of phosphoric ester groups is 2. The Morgan fingerprint density at radius 2 is 1.09 bits per heavy atom. The Kier molecular flexibility index (Phi) is 18.1. The van der Waals surface area contributed by atoms with Crippen molar-refractivity contribution in [2.75, 3.05) is 105 Å². The van der Waals surface area contributed by atoms with E-state index in [9.17, 15) is 58.1 Å². The van der Waals surface area contributed by atoms with Crippen LogP contribution in [0.5, 0.6) is 0 Å². The number of methoxy groups -OCH3 is 3. The third-order valence-electron chi connectivity index (χ3n) is 12.9. The standard InChI is InChI=1S/C15H22N7O7P.C12H20N5O8P.C11H16N5O8P/c1-20-7-22(12-9(20)13(24)19-15(16)18-12)14-10(23)11(27-2)8(29-14)5-28-30(25,26)21-4-3-17-6-21;1-16-4-17(9-6(16)10(19)15-12(13)14-9)11-7(18)8(23-2)5(25-11)3-24-26(20,21)22;1-22-7-4(2-23-25(19,20)21)24-10(6(7)17)16-3-13-5-8(16)14-11(12)15-9(5)18/h3-4,6,8,10-11,14,23H,5,7H2,1-2H3,(H,25,26)(H3,16,18,19,24);5,7-8,11,18H,3-4H2,1-2H3,(H2,20,21,22)(H3,13,14,15,19);3-4,6-7,10,17H,2H2,1H3,(H2,19,20,21)(H3,12,14,15,18)/p-3/t8-,10+,11?,14-;5-,7+,8?,11-;4-,6+,7?,10-/m000/s1. The molecule has 0 amide bonds. The summed E-state index contributed by atoms with van der Waals surface area (Å²) >= 11 is 0. The number of anilines is 7. The van der Waals surface area contributed by atoms with Gasteiger partial charge in [0.15, 0.2) is 41.5 Å². The molecular weight excluding hydrogens is 1160 g/mol. The summed E-state index contributed by atoms with van der Waals surface area (Å²) in [6, 6.07) is 0. The van der Waals surface area contributed by atoms with Gasteiger partial charge >= 0.3 is 7.82 Å². The van der Waals surface area contributed by atoms with Gasteiger partial charge in [0.2, 0.25) is 25.6 Å². The lowest BCUT2D eigenvalue weighted by Crippen LogP contribution is -2.46. The molecule has 14 N–H and O–H groups in total. The zero-order chi connectivity index (χ0) is 59.2. The number of phosphoric acid groups is 2. The maximum atomic E-state index is 12.2. The Balaban J connectivity index is 0.000000160. The molecule has 3 fully saturated rings. The topological polar surface area (TPSA) is 569 Å². The van der Waals surface area contributed by atoms with Crippen molar-refractivity contribution in [1.82, 2.24) is 48.8 Å². The monoisotopic (exact) mass is 1210 g/mol. The summed E-state index contributed by atoms with van der Waals surface area (Å²) in [6.45, 7) is -1.18. The van der Waals surface area contributed by atoms with E-state index in [-0.39, 0.29) is 65.4 Å².